The number of hydrogen-bond acceptors (Lipinski definition) is 4. The van der Waals surface area contributed by atoms with Crippen molar-refractivity contribution in [1.82, 2.24) is 4.90 Å². The zero-order valence-electron chi connectivity index (χ0n) is 13.0. The molecule has 124 valence electrons. The van der Waals surface area contributed by atoms with E-state index < -0.39 is 17.7 Å². The Bertz CT molecular complexity index is 813. The van der Waals surface area contributed by atoms with Gasteiger partial charge in [-0.2, -0.15) is 0 Å². The standard InChI is InChI=1S/C18H16ClNO3S/c1-2-8-20-15(13-7-4-9-24-13)14(17(22)18(20)23)16(21)11-5-3-6-12(19)10-11/h3-7,9-10,15,21H,2,8H2,1H3/b16-14-. The molecule has 1 atom stereocenters. The van der Waals surface area contributed by atoms with Crippen molar-refractivity contribution in [2.24, 2.45) is 0 Å². The van der Waals surface area contributed by atoms with E-state index in [9.17, 15) is 14.7 Å². The highest BCUT2D eigenvalue weighted by Gasteiger charge is 2.46. The van der Waals surface area contributed by atoms with Crippen molar-refractivity contribution in [2.45, 2.75) is 19.4 Å². The molecule has 1 saturated heterocycles. The topological polar surface area (TPSA) is 57.6 Å². The van der Waals surface area contributed by atoms with Gasteiger partial charge in [0.2, 0.25) is 0 Å². The SMILES string of the molecule is CCCN1C(=O)C(=O)/C(=C(\O)c2cccc(Cl)c2)C1c1cccs1. The molecule has 1 aliphatic rings. The summed E-state index contributed by atoms with van der Waals surface area (Å²) < 4.78 is 0. The summed E-state index contributed by atoms with van der Waals surface area (Å²) in [5.41, 5.74) is 0.553. The number of thiophene rings is 1. The quantitative estimate of drug-likeness (QED) is 0.503. The minimum absolute atomic E-state index is 0.123. The van der Waals surface area contributed by atoms with Crippen LogP contribution in [0.2, 0.25) is 5.02 Å². The van der Waals surface area contributed by atoms with Crippen molar-refractivity contribution in [3.63, 3.8) is 0 Å². The number of ketones is 1. The number of likely N-dealkylation sites (tertiary alicyclic amines) is 1. The van der Waals surface area contributed by atoms with Crippen LogP contribution in [-0.2, 0) is 9.59 Å². The molecule has 2 heterocycles. The maximum Gasteiger partial charge on any atom is 0.295 e. The van der Waals surface area contributed by atoms with Crippen molar-refractivity contribution >= 4 is 40.4 Å². The fourth-order valence-electron chi connectivity index (χ4n) is 2.89. The summed E-state index contributed by atoms with van der Waals surface area (Å²) in [4.78, 5) is 27.4. The maximum atomic E-state index is 12.6. The van der Waals surface area contributed by atoms with E-state index in [0.717, 1.165) is 11.3 Å². The second-order valence-electron chi connectivity index (χ2n) is 5.52. The third kappa shape index (κ3) is 2.85. The zero-order valence-corrected chi connectivity index (χ0v) is 14.6. The van der Waals surface area contributed by atoms with Gasteiger partial charge < -0.3 is 10.0 Å². The van der Waals surface area contributed by atoms with E-state index >= 15 is 0 Å². The molecule has 1 N–H and O–H groups in total. The number of halogens is 1. The third-order valence-electron chi connectivity index (χ3n) is 3.92. The van der Waals surface area contributed by atoms with Crippen LogP contribution in [0.1, 0.15) is 29.8 Å². The lowest BCUT2D eigenvalue weighted by molar-refractivity contribution is -0.139. The summed E-state index contributed by atoms with van der Waals surface area (Å²) in [6.45, 7) is 2.40. The number of carbonyl (C=O) groups is 2. The molecule has 0 spiro atoms. The van der Waals surface area contributed by atoms with Gasteiger partial charge >= 0.3 is 0 Å². The number of benzene rings is 1. The molecule has 0 aliphatic carbocycles. The average Bonchev–Trinajstić information content (AvgIpc) is 3.17. The lowest BCUT2D eigenvalue weighted by atomic mass is 10.00. The number of amides is 1. The number of carbonyl (C=O) groups excluding carboxylic acids is 2. The second-order valence-corrected chi connectivity index (χ2v) is 6.93. The normalized spacial score (nSPS) is 19.9. The first-order chi connectivity index (χ1) is 11.5. The van der Waals surface area contributed by atoms with Gasteiger partial charge in [0.1, 0.15) is 5.76 Å². The fourth-order valence-corrected chi connectivity index (χ4v) is 3.92. The van der Waals surface area contributed by atoms with Gasteiger partial charge in [0, 0.05) is 22.0 Å². The summed E-state index contributed by atoms with van der Waals surface area (Å²) >= 11 is 7.44. The number of Topliss-reactive ketones (excluding diaryl/α,β-unsaturated/α-hetero) is 1. The number of aliphatic hydroxyl groups is 1. The molecular weight excluding hydrogens is 346 g/mol. The van der Waals surface area contributed by atoms with Gasteiger partial charge in [-0.15, -0.1) is 11.3 Å². The molecule has 0 saturated carbocycles. The Hall–Kier alpha value is -2.11. The van der Waals surface area contributed by atoms with Crippen LogP contribution >= 0.6 is 22.9 Å². The van der Waals surface area contributed by atoms with E-state index in [1.165, 1.54) is 16.2 Å². The molecule has 1 amide bonds. The lowest BCUT2D eigenvalue weighted by Crippen LogP contribution is -2.30. The van der Waals surface area contributed by atoms with E-state index in [1.807, 2.05) is 24.4 Å². The highest BCUT2D eigenvalue weighted by Crippen LogP contribution is 2.41. The first-order valence-corrected chi connectivity index (χ1v) is 8.88. The van der Waals surface area contributed by atoms with E-state index in [-0.39, 0.29) is 11.3 Å². The maximum absolute atomic E-state index is 12.6. The number of nitrogens with zero attached hydrogens (tertiary/aromatic N) is 1. The molecule has 1 aromatic carbocycles. The van der Waals surface area contributed by atoms with Gasteiger partial charge in [-0.1, -0.05) is 36.7 Å². The van der Waals surface area contributed by atoms with Crippen molar-refractivity contribution in [3.8, 4) is 0 Å². The second kappa shape index (κ2) is 6.79. The molecule has 2 aromatic rings. The van der Waals surface area contributed by atoms with Crippen molar-refractivity contribution < 1.29 is 14.7 Å². The summed E-state index contributed by atoms with van der Waals surface area (Å²) in [6, 6.07) is 9.81. The largest absolute Gasteiger partial charge is 0.507 e. The minimum Gasteiger partial charge on any atom is -0.507 e. The Labute approximate surface area is 149 Å². The molecule has 1 aliphatic heterocycles. The number of hydrogen-bond donors (Lipinski definition) is 1. The van der Waals surface area contributed by atoms with Crippen molar-refractivity contribution in [2.75, 3.05) is 6.54 Å². The first kappa shape index (κ1) is 16.7. The lowest BCUT2D eigenvalue weighted by Gasteiger charge is -2.23. The van der Waals surface area contributed by atoms with Gasteiger partial charge in [0.15, 0.2) is 0 Å². The first-order valence-electron chi connectivity index (χ1n) is 7.62. The van der Waals surface area contributed by atoms with E-state index in [1.54, 1.807) is 24.3 Å². The molecule has 1 fully saturated rings. The summed E-state index contributed by atoms with van der Waals surface area (Å²) in [7, 11) is 0. The minimum atomic E-state index is -0.653. The van der Waals surface area contributed by atoms with Crippen LogP contribution in [0.25, 0.3) is 5.76 Å². The highest BCUT2D eigenvalue weighted by atomic mass is 35.5. The molecule has 0 bridgehead atoms. The van der Waals surface area contributed by atoms with Crippen LogP contribution < -0.4 is 0 Å². The van der Waals surface area contributed by atoms with E-state index in [0.29, 0.717) is 17.1 Å². The average molecular weight is 362 g/mol. The molecule has 6 heteroatoms. The Morgan fingerprint density at radius 1 is 1.29 bits per heavy atom. The highest BCUT2D eigenvalue weighted by molar-refractivity contribution is 7.10. The van der Waals surface area contributed by atoms with Crippen LogP contribution in [-0.4, -0.2) is 28.2 Å². The molecule has 1 unspecified atom stereocenters. The van der Waals surface area contributed by atoms with Crippen molar-refractivity contribution in [3.05, 3.63) is 62.8 Å². The fraction of sp³-hybridized carbons (Fsp3) is 0.222. The molecule has 3 rings (SSSR count). The Balaban J connectivity index is 2.17. The third-order valence-corrected chi connectivity index (χ3v) is 5.08. The number of rotatable bonds is 4. The van der Waals surface area contributed by atoms with Gasteiger partial charge in [-0.05, 0) is 30.0 Å². The van der Waals surface area contributed by atoms with Gasteiger partial charge in [0.25, 0.3) is 11.7 Å². The van der Waals surface area contributed by atoms with E-state index in [4.69, 9.17) is 11.6 Å². The van der Waals surface area contributed by atoms with Crippen LogP contribution in [0.3, 0.4) is 0 Å². The summed E-state index contributed by atoms with van der Waals surface area (Å²) in [6.07, 6.45) is 0.728. The summed E-state index contributed by atoms with van der Waals surface area (Å²) in [5, 5.41) is 13.1. The Morgan fingerprint density at radius 2 is 2.08 bits per heavy atom. The van der Waals surface area contributed by atoms with Gasteiger partial charge in [-0.3, -0.25) is 9.59 Å². The monoisotopic (exact) mass is 361 g/mol. The Morgan fingerprint density at radius 3 is 2.71 bits per heavy atom. The zero-order chi connectivity index (χ0) is 17.3. The molecule has 24 heavy (non-hydrogen) atoms. The Kier molecular flexibility index (Phi) is 4.73. The number of aliphatic hydroxyl groups excluding tert-OH is 1. The molecular formula is C18H16ClNO3S. The van der Waals surface area contributed by atoms with Crippen molar-refractivity contribution in [1.29, 1.82) is 0 Å². The van der Waals surface area contributed by atoms with Crippen LogP contribution in [0.4, 0.5) is 0 Å². The molecule has 1 aromatic heterocycles. The van der Waals surface area contributed by atoms with Crippen LogP contribution in [0, 0.1) is 0 Å². The smallest absolute Gasteiger partial charge is 0.295 e. The van der Waals surface area contributed by atoms with Crippen LogP contribution in [0.15, 0.2) is 47.4 Å². The van der Waals surface area contributed by atoms with Gasteiger partial charge in [-0.25, -0.2) is 0 Å². The summed E-state index contributed by atoms with van der Waals surface area (Å²) in [5.74, 6) is -1.41. The van der Waals surface area contributed by atoms with Gasteiger partial charge in [0.05, 0.1) is 11.6 Å². The molecule has 4 nitrogen and oxygen atoms in total. The predicted octanol–water partition coefficient (Wildman–Crippen LogP) is 4.23. The molecule has 0 radical (unpaired) electrons. The van der Waals surface area contributed by atoms with Crippen LogP contribution in [0.5, 0.6) is 0 Å². The predicted molar refractivity (Wildman–Crippen MR) is 95.1 cm³/mol. The van der Waals surface area contributed by atoms with E-state index in [2.05, 4.69) is 0 Å².